The number of ether oxygens (including phenoxy) is 1. The molecular formula is C11H10ClF3O. The minimum atomic E-state index is -4.65. The Balaban J connectivity index is 2.22. The Bertz CT molecular complexity index is 385. The van der Waals surface area contributed by atoms with E-state index >= 15 is 0 Å². The summed E-state index contributed by atoms with van der Waals surface area (Å²) in [5.41, 5.74) is 1.77. The molecule has 0 amide bonds. The Morgan fingerprint density at radius 2 is 2.00 bits per heavy atom. The molecule has 0 aromatic heterocycles. The van der Waals surface area contributed by atoms with Crippen molar-refractivity contribution in [2.24, 2.45) is 0 Å². The molecule has 5 heteroatoms. The van der Waals surface area contributed by atoms with Crippen LogP contribution in [0.2, 0.25) is 0 Å². The van der Waals surface area contributed by atoms with Crippen LogP contribution < -0.4 is 4.74 Å². The van der Waals surface area contributed by atoms with Gasteiger partial charge in [-0.2, -0.15) is 0 Å². The summed E-state index contributed by atoms with van der Waals surface area (Å²) in [6, 6.07) is 4.39. The quantitative estimate of drug-likeness (QED) is 0.731. The molecule has 1 fully saturated rings. The molecule has 16 heavy (non-hydrogen) atoms. The van der Waals surface area contributed by atoms with Gasteiger partial charge in [-0.05, 0) is 42.0 Å². The predicted molar refractivity (Wildman–Crippen MR) is 54.7 cm³/mol. The van der Waals surface area contributed by atoms with Gasteiger partial charge in [0.25, 0.3) is 0 Å². The molecule has 0 aliphatic heterocycles. The van der Waals surface area contributed by atoms with Gasteiger partial charge in [0.15, 0.2) is 0 Å². The summed E-state index contributed by atoms with van der Waals surface area (Å²) in [5.74, 6) is 0.474. The second kappa shape index (κ2) is 4.17. The van der Waals surface area contributed by atoms with E-state index < -0.39 is 6.36 Å². The van der Waals surface area contributed by atoms with Crippen LogP contribution in [-0.2, 0) is 5.88 Å². The summed E-state index contributed by atoms with van der Waals surface area (Å²) in [6.45, 7) is 0. The van der Waals surface area contributed by atoms with Crippen LogP contribution in [0.15, 0.2) is 18.2 Å². The van der Waals surface area contributed by atoms with E-state index in [1.165, 1.54) is 12.1 Å². The third kappa shape index (κ3) is 2.82. The zero-order valence-corrected chi connectivity index (χ0v) is 9.11. The van der Waals surface area contributed by atoms with Gasteiger partial charge in [-0.15, -0.1) is 24.8 Å². The number of hydrogen-bond acceptors (Lipinski definition) is 1. The van der Waals surface area contributed by atoms with Gasteiger partial charge in [0.05, 0.1) is 0 Å². The van der Waals surface area contributed by atoms with E-state index in [4.69, 9.17) is 11.6 Å². The largest absolute Gasteiger partial charge is 0.573 e. The average Bonchev–Trinajstić information content (AvgIpc) is 2.98. The van der Waals surface area contributed by atoms with E-state index in [9.17, 15) is 13.2 Å². The molecule has 88 valence electrons. The summed E-state index contributed by atoms with van der Waals surface area (Å²) in [7, 11) is 0. The standard InChI is InChI=1S/C11H10ClF3O/c12-6-8-5-9(16-11(13,14)15)3-4-10(8)7-1-2-7/h3-5,7H,1-2,6H2. The highest BCUT2D eigenvalue weighted by Crippen LogP contribution is 2.43. The van der Waals surface area contributed by atoms with Crippen molar-refractivity contribution in [2.45, 2.75) is 31.0 Å². The van der Waals surface area contributed by atoms with Gasteiger partial charge in [-0.1, -0.05) is 6.07 Å². The van der Waals surface area contributed by atoms with E-state index in [2.05, 4.69) is 4.74 Å². The van der Waals surface area contributed by atoms with E-state index in [1.54, 1.807) is 6.07 Å². The lowest BCUT2D eigenvalue weighted by molar-refractivity contribution is -0.274. The Labute approximate surface area is 96.2 Å². The first-order valence-electron chi connectivity index (χ1n) is 4.94. The van der Waals surface area contributed by atoms with Crippen LogP contribution in [-0.4, -0.2) is 6.36 Å². The van der Waals surface area contributed by atoms with Gasteiger partial charge in [0, 0.05) is 5.88 Å². The van der Waals surface area contributed by atoms with Crippen LogP contribution in [0.5, 0.6) is 5.75 Å². The Hall–Kier alpha value is -0.900. The van der Waals surface area contributed by atoms with Gasteiger partial charge in [-0.25, -0.2) is 0 Å². The van der Waals surface area contributed by atoms with Gasteiger partial charge >= 0.3 is 6.36 Å². The summed E-state index contributed by atoms with van der Waals surface area (Å²) in [6.07, 6.45) is -2.47. The highest BCUT2D eigenvalue weighted by Gasteiger charge is 2.32. The number of rotatable bonds is 3. The molecule has 0 spiro atoms. The van der Waals surface area contributed by atoms with Crippen LogP contribution in [0.4, 0.5) is 13.2 Å². The molecule has 0 bridgehead atoms. The SMILES string of the molecule is FC(F)(F)Oc1ccc(C2CC2)c(CCl)c1. The Morgan fingerprint density at radius 3 is 2.50 bits per heavy atom. The molecule has 2 rings (SSSR count). The highest BCUT2D eigenvalue weighted by molar-refractivity contribution is 6.17. The van der Waals surface area contributed by atoms with Crippen molar-refractivity contribution in [3.05, 3.63) is 29.3 Å². The normalized spacial score (nSPS) is 16.2. The summed E-state index contributed by atoms with van der Waals surface area (Å²) >= 11 is 5.71. The van der Waals surface area contributed by atoms with Crippen molar-refractivity contribution in [3.63, 3.8) is 0 Å². The lowest BCUT2D eigenvalue weighted by atomic mass is 10.0. The molecule has 1 aromatic rings. The fourth-order valence-corrected chi connectivity index (χ4v) is 1.92. The third-order valence-electron chi connectivity index (χ3n) is 2.51. The van der Waals surface area contributed by atoms with E-state index in [0.717, 1.165) is 24.0 Å². The lowest BCUT2D eigenvalue weighted by Crippen LogP contribution is -2.17. The molecule has 1 saturated carbocycles. The second-order valence-corrected chi connectivity index (χ2v) is 4.08. The van der Waals surface area contributed by atoms with E-state index in [-0.39, 0.29) is 11.6 Å². The molecule has 0 atom stereocenters. The molecule has 1 aliphatic carbocycles. The first-order chi connectivity index (χ1) is 7.49. The van der Waals surface area contributed by atoms with Crippen LogP contribution in [0.3, 0.4) is 0 Å². The zero-order valence-electron chi connectivity index (χ0n) is 8.35. The molecule has 0 saturated heterocycles. The molecular weight excluding hydrogens is 241 g/mol. The highest BCUT2D eigenvalue weighted by atomic mass is 35.5. The molecule has 1 nitrogen and oxygen atoms in total. The van der Waals surface area contributed by atoms with Crippen molar-refractivity contribution in [1.82, 2.24) is 0 Å². The summed E-state index contributed by atoms with van der Waals surface area (Å²) in [4.78, 5) is 0. The van der Waals surface area contributed by atoms with Gasteiger partial charge in [-0.3, -0.25) is 0 Å². The van der Waals surface area contributed by atoms with Crippen LogP contribution in [0.1, 0.15) is 29.9 Å². The smallest absolute Gasteiger partial charge is 0.406 e. The van der Waals surface area contributed by atoms with Gasteiger partial charge in [0.1, 0.15) is 5.75 Å². The van der Waals surface area contributed by atoms with Gasteiger partial charge in [0.2, 0.25) is 0 Å². The number of benzene rings is 1. The lowest BCUT2D eigenvalue weighted by Gasteiger charge is -2.12. The Kier molecular flexibility index (Phi) is 3.02. The van der Waals surface area contributed by atoms with Crippen LogP contribution in [0.25, 0.3) is 0 Å². The number of alkyl halides is 4. The summed E-state index contributed by atoms with van der Waals surface area (Å²) < 4.78 is 39.8. The predicted octanol–water partition coefficient (Wildman–Crippen LogP) is 4.20. The molecule has 1 aromatic carbocycles. The van der Waals surface area contributed by atoms with Crippen molar-refractivity contribution in [1.29, 1.82) is 0 Å². The summed E-state index contributed by atoms with van der Waals surface area (Å²) in [5, 5.41) is 0. The van der Waals surface area contributed by atoms with Crippen molar-refractivity contribution in [2.75, 3.05) is 0 Å². The van der Waals surface area contributed by atoms with Crippen molar-refractivity contribution in [3.8, 4) is 5.75 Å². The first kappa shape index (κ1) is 11.6. The van der Waals surface area contributed by atoms with E-state index in [0.29, 0.717) is 5.92 Å². The fraction of sp³-hybridized carbons (Fsp3) is 0.455. The minimum absolute atomic E-state index is 0.201. The molecule has 0 unspecified atom stereocenters. The average molecular weight is 251 g/mol. The molecule has 1 aliphatic rings. The van der Waals surface area contributed by atoms with Crippen molar-refractivity contribution < 1.29 is 17.9 Å². The maximum Gasteiger partial charge on any atom is 0.573 e. The number of halogens is 4. The maximum atomic E-state index is 12.0. The zero-order chi connectivity index (χ0) is 11.8. The number of hydrogen-bond donors (Lipinski definition) is 0. The van der Waals surface area contributed by atoms with Crippen molar-refractivity contribution >= 4 is 11.6 Å². The first-order valence-corrected chi connectivity index (χ1v) is 5.47. The van der Waals surface area contributed by atoms with E-state index in [1.807, 2.05) is 0 Å². The van der Waals surface area contributed by atoms with Gasteiger partial charge < -0.3 is 4.74 Å². The molecule has 0 N–H and O–H groups in total. The molecule has 0 radical (unpaired) electrons. The second-order valence-electron chi connectivity index (χ2n) is 3.82. The van der Waals surface area contributed by atoms with Crippen LogP contribution >= 0.6 is 11.6 Å². The molecule has 0 heterocycles. The maximum absolute atomic E-state index is 12.0. The topological polar surface area (TPSA) is 9.23 Å². The monoisotopic (exact) mass is 250 g/mol. The Morgan fingerprint density at radius 1 is 1.31 bits per heavy atom. The minimum Gasteiger partial charge on any atom is -0.406 e. The fourth-order valence-electron chi connectivity index (χ4n) is 1.69. The van der Waals surface area contributed by atoms with Crippen LogP contribution in [0, 0.1) is 0 Å². The third-order valence-corrected chi connectivity index (χ3v) is 2.80.